The Morgan fingerprint density at radius 2 is 1.44 bits per heavy atom. The maximum atomic E-state index is 4.22. The first-order chi connectivity index (χ1) is 12.4. The Balaban J connectivity index is 1.45. The quantitative estimate of drug-likeness (QED) is 0.402. The van der Waals surface area contributed by atoms with Gasteiger partial charge in [0.2, 0.25) is 0 Å². The number of rotatable bonds is 11. The minimum atomic E-state index is 0.987. The van der Waals surface area contributed by atoms with E-state index in [4.69, 9.17) is 0 Å². The Hall–Kier alpha value is -1.90. The predicted octanol–water partition coefficient (Wildman–Crippen LogP) is 6.57. The van der Waals surface area contributed by atoms with Gasteiger partial charge in [-0.1, -0.05) is 94.2 Å². The molecule has 1 heterocycles. The predicted molar refractivity (Wildman–Crippen MR) is 107 cm³/mol. The zero-order valence-electron chi connectivity index (χ0n) is 15.6. The molecule has 3 aromatic rings. The summed E-state index contributed by atoms with van der Waals surface area (Å²) < 4.78 is 0. The molecule has 134 valence electrons. The van der Waals surface area contributed by atoms with Gasteiger partial charge >= 0.3 is 0 Å². The summed E-state index contributed by atoms with van der Waals surface area (Å²) in [6, 6.07) is 10.8. The highest BCUT2D eigenvalue weighted by atomic mass is 15.3. The monoisotopic (exact) mass is 337 g/mol. The second-order valence-corrected chi connectivity index (χ2v) is 7.22. The van der Waals surface area contributed by atoms with E-state index in [9.17, 15) is 0 Å². The lowest BCUT2D eigenvalue weighted by molar-refractivity contribution is 0.556. The number of H-pyrrole nitrogens is 1. The van der Waals surface area contributed by atoms with Gasteiger partial charge in [-0.2, -0.15) is 0 Å². The normalized spacial score (nSPS) is 11.6. The molecule has 0 atom stereocenters. The van der Waals surface area contributed by atoms with Crippen molar-refractivity contribution in [3.63, 3.8) is 0 Å². The smallest absolute Gasteiger partial charge is 0.113 e. The number of aryl methyl sites for hydroxylation is 1. The molecule has 0 unspecified atom stereocenters. The van der Waals surface area contributed by atoms with Crippen molar-refractivity contribution in [3.8, 4) is 0 Å². The molecule has 0 radical (unpaired) electrons. The Morgan fingerprint density at radius 1 is 0.800 bits per heavy atom. The van der Waals surface area contributed by atoms with Crippen molar-refractivity contribution in [2.75, 3.05) is 0 Å². The average Bonchev–Trinajstić information content (AvgIpc) is 3.12. The lowest BCUT2D eigenvalue weighted by atomic mass is 9.98. The summed E-state index contributed by atoms with van der Waals surface area (Å²) >= 11 is 0. The Bertz CT molecular complexity index is 775. The molecule has 0 aliphatic carbocycles. The van der Waals surface area contributed by atoms with Crippen LogP contribution >= 0.6 is 0 Å². The highest BCUT2D eigenvalue weighted by Gasteiger charge is 2.08. The molecule has 1 aromatic heterocycles. The maximum Gasteiger partial charge on any atom is 0.113 e. The van der Waals surface area contributed by atoms with E-state index < -0.39 is 0 Å². The van der Waals surface area contributed by atoms with Crippen LogP contribution in [0.1, 0.15) is 76.7 Å². The summed E-state index contributed by atoms with van der Waals surface area (Å²) in [6.45, 7) is 2.28. The molecule has 0 fully saturated rings. The van der Waals surface area contributed by atoms with Crippen LogP contribution in [0.25, 0.3) is 21.8 Å². The molecule has 3 heteroatoms. The summed E-state index contributed by atoms with van der Waals surface area (Å²) in [5, 5.41) is 13.8. The second-order valence-electron chi connectivity index (χ2n) is 7.22. The number of benzene rings is 2. The van der Waals surface area contributed by atoms with Crippen LogP contribution in [0.2, 0.25) is 0 Å². The van der Waals surface area contributed by atoms with Crippen molar-refractivity contribution in [1.29, 1.82) is 0 Å². The van der Waals surface area contributed by atoms with Gasteiger partial charge in [0, 0.05) is 5.39 Å². The van der Waals surface area contributed by atoms with Crippen LogP contribution < -0.4 is 0 Å². The number of aromatic nitrogens is 3. The fourth-order valence-corrected chi connectivity index (χ4v) is 3.77. The summed E-state index contributed by atoms with van der Waals surface area (Å²) in [5.74, 6) is 0. The van der Waals surface area contributed by atoms with Gasteiger partial charge in [0.05, 0.1) is 5.52 Å². The molecule has 0 amide bonds. The Morgan fingerprint density at radius 3 is 2.16 bits per heavy atom. The van der Waals surface area contributed by atoms with Crippen LogP contribution in [0, 0.1) is 0 Å². The van der Waals surface area contributed by atoms with E-state index in [-0.39, 0.29) is 0 Å². The van der Waals surface area contributed by atoms with Gasteiger partial charge < -0.3 is 0 Å². The lowest BCUT2D eigenvalue weighted by Gasteiger charge is -2.07. The SMILES string of the molecule is CCCCCCCCCCCCc1cc2nn[nH]c2c2ccccc12. The molecule has 0 saturated heterocycles. The third kappa shape index (κ3) is 4.81. The van der Waals surface area contributed by atoms with E-state index in [1.807, 2.05) is 0 Å². The fraction of sp³-hybridized carbons (Fsp3) is 0.545. The van der Waals surface area contributed by atoms with Gasteiger partial charge in [-0.3, -0.25) is 5.10 Å². The van der Waals surface area contributed by atoms with Gasteiger partial charge in [0.15, 0.2) is 0 Å². The van der Waals surface area contributed by atoms with Crippen LogP contribution in [0.15, 0.2) is 30.3 Å². The maximum absolute atomic E-state index is 4.22. The van der Waals surface area contributed by atoms with Crippen molar-refractivity contribution in [3.05, 3.63) is 35.9 Å². The number of fused-ring (bicyclic) bond motifs is 3. The Labute approximate surface area is 151 Å². The zero-order chi connectivity index (χ0) is 17.3. The Kier molecular flexibility index (Phi) is 6.84. The standard InChI is InChI=1S/C22H31N3/c1-2-3-4-5-6-7-8-9-10-11-14-18-17-21-22(24-25-23-21)20-16-13-12-15-19(18)20/h12-13,15-17H,2-11,14H2,1H3,(H,23,24,25). The summed E-state index contributed by atoms with van der Waals surface area (Å²) in [4.78, 5) is 0. The molecule has 3 rings (SSSR count). The highest BCUT2D eigenvalue weighted by molar-refractivity contribution is 6.05. The van der Waals surface area contributed by atoms with E-state index in [2.05, 4.69) is 52.7 Å². The van der Waals surface area contributed by atoms with E-state index in [0.717, 1.165) is 17.5 Å². The van der Waals surface area contributed by atoms with Crippen molar-refractivity contribution in [1.82, 2.24) is 15.4 Å². The molecular formula is C22H31N3. The largest absolute Gasteiger partial charge is 0.257 e. The van der Waals surface area contributed by atoms with Gasteiger partial charge in [-0.25, -0.2) is 0 Å². The highest BCUT2D eigenvalue weighted by Crippen LogP contribution is 2.27. The molecule has 0 bridgehead atoms. The first-order valence-corrected chi connectivity index (χ1v) is 10.1. The van der Waals surface area contributed by atoms with E-state index in [0.29, 0.717) is 0 Å². The molecule has 25 heavy (non-hydrogen) atoms. The van der Waals surface area contributed by atoms with Gasteiger partial charge in [0.25, 0.3) is 0 Å². The van der Waals surface area contributed by atoms with Crippen LogP contribution in [-0.2, 0) is 6.42 Å². The van der Waals surface area contributed by atoms with Crippen LogP contribution in [0.3, 0.4) is 0 Å². The zero-order valence-corrected chi connectivity index (χ0v) is 15.6. The van der Waals surface area contributed by atoms with Gasteiger partial charge in [0.1, 0.15) is 5.52 Å². The van der Waals surface area contributed by atoms with Gasteiger partial charge in [-0.05, 0) is 29.9 Å². The van der Waals surface area contributed by atoms with Crippen LogP contribution in [-0.4, -0.2) is 15.4 Å². The molecule has 1 N–H and O–H groups in total. The molecule has 2 aromatic carbocycles. The number of unbranched alkanes of at least 4 members (excludes halogenated alkanes) is 9. The van der Waals surface area contributed by atoms with Crippen LogP contribution in [0.5, 0.6) is 0 Å². The van der Waals surface area contributed by atoms with Crippen LogP contribution in [0.4, 0.5) is 0 Å². The first kappa shape index (κ1) is 17.9. The second kappa shape index (κ2) is 9.55. The van der Waals surface area contributed by atoms with Crippen molar-refractivity contribution >= 4 is 21.8 Å². The van der Waals surface area contributed by atoms with Gasteiger partial charge in [-0.15, -0.1) is 5.10 Å². The topological polar surface area (TPSA) is 41.6 Å². The molecular weight excluding hydrogens is 306 g/mol. The molecule has 0 spiro atoms. The number of hydrogen-bond acceptors (Lipinski definition) is 2. The summed E-state index contributed by atoms with van der Waals surface area (Å²) in [7, 11) is 0. The van der Waals surface area contributed by atoms with E-state index in [1.54, 1.807) is 0 Å². The third-order valence-electron chi connectivity index (χ3n) is 5.23. The summed E-state index contributed by atoms with van der Waals surface area (Å²) in [6.07, 6.45) is 14.9. The average molecular weight is 338 g/mol. The molecule has 0 aliphatic rings. The number of nitrogens with zero attached hydrogens (tertiary/aromatic N) is 2. The third-order valence-corrected chi connectivity index (χ3v) is 5.23. The minimum Gasteiger partial charge on any atom is -0.257 e. The molecule has 0 saturated carbocycles. The van der Waals surface area contributed by atoms with E-state index >= 15 is 0 Å². The first-order valence-electron chi connectivity index (χ1n) is 10.1. The minimum absolute atomic E-state index is 0.987. The number of nitrogens with one attached hydrogen (secondary N) is 1. The number of hydrogen-bond donors (Lipinski definition) is 1. The summed E-state index contributed by atoms with van der Waals surface area (Å²) in [5.41, 5.74) is 3.46. The van der Waals surface area contributed by atoms with Crippen molar-refractivity contribution in [2.24, 2.45) is 0 Å². The van der Waals surface area contributed by atoms with Crippen molar-refractivity contribution < 1.29 is 0 Å². The molecule has 0 aliphatic heterocycles. The molecule has 3 nitrogen and oxygen atoms in total. The van der Waals surface area contributed by atoms with E-state index in [1.165, 1.54) is 80.5 Å². The lowest BCUT2D eigenvalue weighted by Crippen LogP contribution is -1.90. The van der Waals surface area contributed by atoms with Crippen molar-refractivity contribution in [2.45, 2.75) is 77.6 Å². The fourth-order valence-electron chi connectivity index (χ4n) is 3.77. The number of aromatic amines is 1.